The lowest BCUT2D eigenvalue weighted by atomic mass is 10.0. The molecule has 0 aliphatic rings. The second kappa shape index (κ2) is 12.6. The minimum absolute atomic E-state index is 0.671. The van der Waals surface area contributed by atoms with Crippen LogP contribution >= 0.6 is 0 Å². The lowest BCUT2D eigenvalue weighted by molar-refractivity contribution is 0.0706. The molecule has 4 heteroatoms. The second-order valence-electron chi connectivity index (χ2n) is 5.08. The largest absolute Gasteiger partial charge is 0.500 e. The summed E-state index contributed by atoms with van der Waals surface area (Å²) >= 11 is 0. The van der Waals surface area contributed by atoms with Gasteiger partial charge in [0.05, 0.1) is 0 Å². The van der Waals surface area contributed by atoms with Crippen LogP contribution in [0.3, 0.4) is 0 Å². The van der Waals surface area contributed by atoms with Gasteiger partial charge in [-0.3, -0.25) is 0 Å². The predicted octanol–water partition coefficient (Wildman–Crippen LogP) is 4.81. The normalized spacial score (nSPS) is 14.1. The van der Waals surface area contributed by atoms with Crippen molar-refractivity contribution in [3.63, 3.8) is 0 Å². The Morgan fingerprint density at radius 1 is 0.900 bits per heavy atom. The molecule has 0 rings (SSSR count). The molecule has 0 aliphatic carbocycles. The molecule has 0 aliphatic heterocycles. The van der Waals surface area contributed by atoms with E-state index in [9.17, 15) is 0 Å². The van der Waals surface area contributed by atoms with Crippen LogP contribution in [0.25, 0.3) is 0 Å². The standard InChI is InChI=1S/C16H34O3Si/c1-6-13-16(5)14-11-10-12-15-20(17-7-2,18-8-3)19-9-4/h6,13,16H,7-12,14-15H2,1-5H3/b13-6+. The summed E-state index contributed by atoms with van der Waals surface area (Å²) in [5.74, 6) is 0.688. The Kier molecular flexibility index (Phi) is 12.5. The predicted molar refractivity (Wildman–Crippen MR) is 87.9 cm³/mol. The van der Waals surface area contributed by atoms with Gasteiger partial charge in [0.1, 0.15) is 0 Å². The fourth-order valence-corrected chi connectivity index (χ4v) is 5.10. The number of hydrogen-bond donors (Lipinski definition) is 0. The van der Waals surface area contributed by atoms with E-state index < -0.39 is 8.80 Å². The average molecular weight is 303 g/mol. The fourth-order valence-electron chi connectivity index (χ4n) is 2.41. The molecule has 120 valence electrons. The van der Waals surface area contributed by atoms with Crippen LogP contribution in [0.4, 0.5) is 0 Å². The van der Waals surface area contributed by atoms with Crippen LogP contribution in [0, 0.1) is 5.92 Å². The molecule has 0 saturated heterocycles. The highest BCUT2D eigenvalue weighted by Crippen LogP contribution is 2.21. The van der Waals surface area contributed by atoms with Crippen molar-refractivity contribution in [1.82, 2.24) is 0 Å². The molecular formula is C16H34O3Si. The van der Waals surface area contributed by atoms with Crippen molar-refractivity contribution in [2.75, 3.05) is 19.8 Å². The van der Waals surface area contributed by atoms with E-state index in [1.54, 1.807) is 0 Å². The first kappa shape index (κ1) is 19.8. The van der Waals surface area contributed by atoms with Crippen LogP contribution in [0.5, 0.6) is 0 Å². The van der Waals surface area contributed by atoms with Gasteiger partial charge in [-0.1, -0.05) is 31.9 Å². The van der Waals surface area contributed by atoms with E-state index >= 15 is 0 Å². The van der Waals surface area contributed by atoms with Gasteiger partial charge in [-0.05, 0) is 46.5 Å². The van der Waals surface area contributed by atoms with Crippen molar-refractivity contribution in [3.05, 3.63) is 12.2 Å². The zero-order chi connectivity index (χ0) is 15.3. The third-order valence-corrected chi connectivity index (χ3v) is 6.41. The topological polar surface area (TPSA) is 27.7 Å². The van der Waals surface area contributed by atoms with Gasteiger partial charge in [-0.25, -0.2) is 0 Å². The molecule has 0 fully saturated rings. The molecule has 0 aromatic carbocycles. The van der Waals surface area contributed by atoms with E-state index in [0.717, 1.165) is 12.5 Å². The quantitative estimate of drug-likeness (QED) is 0.278. The number of unbranched alkanes of at least 4 members (excludes halogenated alkanes) is 2. The van der Waals surface area contributed by atoms with Gasteiger partial charge in [0, 0.05) is 25.9 Å². The molecule has 0 bridgehead atoms. The van der Waals surface area contributed by atoms with Gasteiger partial charge >= 0.3 is 8.80 Å². The van der Waals surface area contributed by atoms with Crippen molar-refractivity contribution >= 4 is 8.80 Å². The maximum absolute atomic E-state index is 5.86. The summed E-state index contributed by atoms with van der Waals surface area (Å²) in [4.78, 5) is 0. The molecule has 20 heavy (non-hydrogen) atoms. The molecule has 1 atom stereocenters. The SMILES string of the molecule is C/C=C/C(C)CCCCC[Si](OCC)(OCC)OCC. The highest BCUT2D eigenvalue weighted by molar-refractivity contribution is 6.60. The van der Waals surface area contributed by atoms with Crippen LogP contribution < -0.4 is 0 Å². The third kappa shape index (κ3) is 8.90. The molecule has 1 unspecified atom stereocenters. The first-order valence-corrected chi connectivity index (χ1v) is 10.1. The van der Waals surface area contributed by atoms with E-state index in [2.05, 4.69) is 26.0 Å². The summed E-state index contributed by atoms with van der Waals surface area (Å²) in [6.07, 6.45) is 9.30. The molecule has 0 heterocycles. The van der Waals surface area contributed by atoms with Crippen LogP contribution in [-0.4, -0.2) is 28.6 Å². The zero-order valence-electron chi connectivity index (χ0n) is 14.1. The molecule has 0 amide bonds. The van der Waals surface area contributed by atoms with Crippen molar-refractivity contribution < 1.29 is 13.3 Å². The Balaban J connectivity index is 4.05. The van der Waals surface area contributed by atoms with Gasteiger partial charge < -0.3 is 13.3 Å². The molecule has 0 spiro atoms. The van der Waals surface area contributed by atoms with Gasteiger partial charge in [-0.2, -0.15) is 0 Å². The van der Waals surface area contributed by atoms with E-state index in [1.807, 2.05) is 20.8 Å². The molecule has 0 aromatic rings. The second-order valence-corrected chi connectivity index (χ2v) is 7.82. The van der Waals surface area contributed by atoms with E-state index in [4.69, 9.17) is 13.3 Å². The van der Waals surface area contributed by atoms with Gasteiger partial charge in [0.25, 0.3) is 0 Å². The minimum Gasteiger partial charge on any atom is -0.374 e. The first-order valence-electron chi connectivity index (χ1n) is 8.18. The highest BCUT2D eigenvalue weighted by atomic mass is 28.4. The first-order chi connectivity index (χ1) is 9.64. The maximum atomic E-state index is 5.86. The number of allylic oxidation sites excluding steroid dienone is 2. The van der Waals surface area contributed by atoms with Crippen LogP contribution in [-0.2, 0) is 13.3 Å². The van der Waals surface area contributed by atoms with E-state index in [0.29, 0.717) is 25.7 Å². The zero-order valence-corrected chi connectivity index (χ0v) is 15.1. The molecule has 0 radical (unpaired) electrons. The lowest BCUT2D eigenvalue weighted by Crippen LogP contribution is -2.45. The Morgan fingerprint density at radius 2 is 1.45 bits per heavy atom. The molecule has 0 aromatic heterocycles. The van der Waals surface area contributed by atoms with Crippen molar-refractivity contribution in [2.24, 2.45) is 5.92 Å². The molecular weight excluding hydrogens is 268 g/mol. The average Bonchev–Trinajstić information content (AvgIpc) is 2.39. The maximum Gasteiger partial charge on any atom is 0.500 e. The summed E-state index contributed by atoms with van der Waals surface area (Å²) in [7, 11) is -2.40. The Hall–Kier alpha value is -0.163. The van der Waals surface area contributed by atoms with E-state index in [-0.39, 0.29) is 0 Å². The fraction of sp³-hybridized carbons (Fsp3) is 0.875. The van der Waals surface area contributed by atoms with Gasteiger partial charge in [-0.15, -0.1) is 0 Å². The third-order valence-electron chi connectivity index (χ3n) is 3.26. The summed E-state index contributed by atoms with van der Waals surface area (Å²) in [6.45, 7) is 12.4. The Bertz CT molecular complexity index is 227. The van der Waals surface area contributed by atoms with Crippen LogP contribution in [0.2, 0.25) is 6.04 Å². The van der Waals surface area contributed by atoms with E-state index in [1.165, 1.54) is 19.3 Å². The summed E-state index contributed by atoms with van der Waals surface area (Å²) < 4.78 is 17.6. The van der Waals surface area contributed by atoms with Crippen LogP contribution in [0.1, 0.15) is 60.3 Å². The van der Waals surface area contributed by atoms with Crippen molar-refractivity contribution in [3.8, 4) is 0 Å². The summed E-state index contributed by atoms with van der Waals surface area (Å²) in [5.41, 5.74) is 0. The molecule has 0 saturated carbocycles. The van der Waals surface area contributed by atoms with Crippen molar-refractivity contribution in [1.29, 1.82) is 0 Å². The number of hydrogen-bond acceptors (Lipinski definition) is 3. The number of rotatable bonds is 13. The monoisotopic (exact) mass is 302 g/mol. The highest BCUT2D eigenvalue weighted by Gasteiger charge is 2.39. The Morgan fingerprint density at radius 3 is 1.90 bits per heavy atom. The molecule has 3 nitrogen and oxygen atoms in total. The summed E-state index contributed by atoms with van der Waals surface area (Å²) in [5, 5.41) is 0. The van der Waals surface area contributed by atoms with Gasteiger partial charge in [0.15, 0.2) is 0 Å². The Labute approximate surface area is 127 Å². The minimum atomic E-state index is -2.40. The van der Waals surface area contributed by atoms with Gasteiger partial charge in [0.2, 0.25) is 0 Å². The van der Waals surface area contributed by atoms with Crippen molar-refractivity contribution in [2.45, 2.75) is 66.3 Å². The van der Waals surface area contributed by atoms with Crippen LogP contribution in [0.15, 0.2) is 12.2 Å². The molecule has 0 N–H and O–H groups in total. The lowest BCUT2D eigenvalue weighted by Gasteiger charge is -2.28. The smallest absolute Gasteiger partial charge is 0.374 e. The summed E-state index contributed by atoms with van der Waals surface area (Å²) in [6, 6.07) is 0.945.